The Hall–Kier alpha value is -4.38. The quantitative estimate of drug-likeness (QED) is 0.164. The second-order valence-corrected chi connectivity index (χ2v) is 13.7. The van der Waals surface area contributed by atoms with Crippen LogP contribution in [0, 0.1) is 11.8 Å². The molecule has 5 rings (SSSR count). The first-order valence-electron chi connectivity index (χ1n) is 18.0. The SMILES string of the molecule is COc1cc(C2OC(c3cc(OC)c(OC(C)Cc4cc(OC)c(OC5OC(CO)C(O)C(O)C5O)c(OC)c4)c(OC)c3)C(C)C2C)cc(OC)c1OC. The summed E-state index contributed by atoms with van der Waals surface area (Å²) in [6.07, 6.45) is -7.93. The lowest BCUT2D eigenvalue weighted by Crippen LogP contribution is -2.60. The Balaban J connectivity index is 1.36. The van der Waals surface area contributed by atoms with E-state index in [0.717, 1.165) is 16.7 Å². The van der Waals surface area contributed by atoms with Gasteiger partial charge in [0, 0.05) is 6.42 Å². The van der Waals surface area contributed by atoms with Crippen molar-refractivity contribution in [1.82, 2.24) is 0 Å². The Kier molecular flexibility index (Phi) is 13.7. The highest BCUT2D eigenvalue weighted by Crippen LogP contribution is 2.53. The summed E-state index contributed by atoms with van der Waals surface area (Å²) in [5, 5.41) is 40.6. The molecule has 2 fully saturated rings. The molecular weight excluding hydrogens is 720 g/mol. The van der Waals surface area contributed by atoms with E-state index in [4.69, 9.17) is 52.1 Å². The Morgan fingerprint density at radius 2 is 1.00 bits per heavy atom. The van der Waals surface area contributed by atoms with E-state index in [1.165, 1.54) is 14.2 Å². The third-order valence-electron chi connectivity index (χ3n) is 10.3. The van der Waals surface area contributed by atoms with Gasteiger partial charge in [0.05, 0.1) is 68.6 Å². The number of rotatable bonds is 16. The van der Waals surface area contributed by atoms with Crippen LogP contribution in [0.5, 0.6) is 51.7 Å². The third-order valence-corrected chi connectivity index (χ3v) is 10.3. The van der Waals surface area contributed by atoms with Gasteiger partial charge in [-0.05, 0) is 71.8 Å². The highest BCUT2D eigenvalue weighted by Gasteiger charge is 2.45. The molecule has 15 nitrogen and oxygen atoms in total. The summed E-state index contributed by atoms with van der Waals surface area (Å²) < 4.78 is 64.4. The van der Waals surface area contributed by atoms with Crippen molar-refractivity contribution in [2.45, 2.75) is 76.2 Å². The van der Waals surface area contributed by atoms with Crippen LogP contribution < -0.4 is 42.6 Å². The van der Waals surface area contributed by atoms with E-state index in [1.54, 1.807) is 47.7 Å². The molecule has 3 aromatic rings. The summed E-state index contributed by atoms with van der Waals surface area (Å²) >= 11 is 0. The van der Waals surface area contributed by atoms with E-state index in [0.29, 0.717) is 40.9 Å². The molecular formula is C40H54O15. The molecule has 10 atom stereocenters. The molecule has 304 valence electrons. The molecule has 0 aromatic heterocycles. The van der Waals surface area contributed by atoms with E-state index in [-0.39, 0.29) is 41.3 Å². The smallest absolute Gasteiger partial charge is 0.229 e. The molecule has 0 aliphatic carbocycles. The van der Waals surface area contributed by atoms with E-state index in [2.05, 4.69) is 13.8 Å². The molecule has 0 radical (unpaired) electrons. The zero-order valence-electron chi connectivity index (χ0n) is 32.9. The molecule has 0 amide bonds. The second-order valence-electron chi connectivity index (χ2n) is 13.7. The Bertz CT molecular complexity index is 1670. The molecule has 0 spiro atoms. The first kappa shape index (κ1) is 41.8. The van der Waals surface area contributed by atoms with Gasteiger partial charge in [0.1, 0.15) is 30.5 Å². The second kappa shape index (κ2) is 18.0. The van der Waals surface area contributed by atoms with Gasteiger partial charge in [-0.25, -0.2) is 0 Å². The minimum atomic E-state index is -1.62. The lowest BCUT2D eigenvalue weighted by molar-refractivity contribution is -0.277. The van der Waals surface area contributed by atoms with Crippen molar-refractivity contribution in [3.05, 3.63) is 53.1 Å². The number of methoxy groups -OCH3 is 7. The lowest BCUT2D eigenvalue weighted by atomic mass is 9.85. The van der Waals surface area contributed by atoms with Crippen LogP contribution >= 0.6 is 0 Å². The van der Waals surface area contributed by atoms with Crippen molar-refractivity contribution in [3.8, 4) is 51.7 Å². The average Bonchev–Trinajstić information content (AvgIpc) is 3.50. The average molecular weight is 775 g/mol. The van der Waals surface area contributed by atoms with Crippen molar-refractivity contribution < 1.29 is 72.5 Å². The predicted octanol–water partition coefficient (Wildman–Crippen LogP) is 4.02. The van der Waals surface area contributed by atoms with Crippen LogP contribution in [0.3, 0.4) is 0 Å². The molecule has 0 saturated carbocycles. The van der Waals surface area contributed by atoms with Crippen molar-refractivity contribution in [1.29, 1.82) is 0 Å². The van der Waals surface area contributed by atoms with Crippen LogP contribution in [0.25, 0.3) is 0 Å². The molecule has 2 aliphatic rings. The molecule has 55 heavy (non-hydrogen) atoms. The van der Waals surface area contributed by atoms with E-state index >= 15 is 0 Å². The molecule has 2 saturated heterocycles. The summed E-state index contributed by atoms with van der Waals surface area (Å²) in [6.45, 7) is 5.61. The minimum Gasteiger partial charge on any atom is -0.493 e. The van der Waals surface area contributed by atoms with Crippen LogP contribution in [0.2, 0.25) is 0 Å². The van der Waals surface area contributed by atoms with Crippen LogP contribution in [-0.2, 0) is 15.9 Å². The number of hydrogen-bond acceptors (Lipinski definition) is 15. The Morgan fingerprint density at radius 3 is 1.42 bits per heavy atom. The Labute approximate surface area is 321 Å². The fraction of sp³-hybridized carbons (Fsp3) is 0.550. The third kappa shape index (κ3) is 8.42. The van der Waals surface area contributed by atoms with Gasteiger partial charge in [-0.2, -0.15) is 0 Å². The van der Waals surface area contributed by atoms with Crippen molar-refractivity contribution in [2.75, 3.05) is 56.4 Å². The van der Waals surface area contributed by atoms with Gasteiger partial charge in [0.15, 0.2) is 34.5 Å². The van der Waals surface area contributed by atoms with Gasteiger partial charge >= 0.3 is 0 Å². The molecule has 2 heterocycles. The molecule has 3 aromatic carbocycles. The number of aliphatic hydroxyl groups excluding tert-OH is 4. The van der Waals surface area contributed by atoms with Crippen LogP contribution in [0.4, 0.5) is 0 Å². The topological polar surface area (TPSA) is 182 Å². The van der Waals surface area contributed by atoms with E-state index in [1.807, 2.05) is 31.2 Å². The maximum Gasteiger partial charge on any atom is 0.229 e. The van der Waals surface area contributed by atoms with Crippen molar-refractivity contribution in [3.63, 3.8) is 0 Å². The van der Waals surface area contributed by atoms with Crippen molar-refractivity contribution in [2.24, 2.45) is 11.8 Å². The maximum absolute atomic E-state index is 10.5. The van der Waals surface area contributed by atoms with Gasteiger partial charge in [-0.1, -0.05) is 13.8 Å². The zero-order valence-corrected chi connectivity index (χ0v) is 32.9. The first-order valence-corrected chi connectivity index (χ1v) is 18.0. The zero-order chi connectivity index (χ0) is 40.1. The van der Waals surface area contributed by atoms with E-state index < -0.39 is 43.4 Å². The summed E-state index contributed by atoms with van der Waals surface area (Å²) in [4.78, 5) is 0. The van der Waals surface area contributed by atoms with E-state index in [9.17, 15) is 20.4 Å². The number of aliphatic hydroxyl groups is 4. The van der Waals surface area contributed by atoms with Crippen LogP contribution in [0.1, 0.15) is 49.7 Å². The predicted molar refractivity (Wildman–Crippen MR) is 198 cm³/mol. The molecule has 2 aliphatic heterocycles. The lowest BCUT2D eigenvalue weighted by Gasteiger charge is -2.39. The maximum atomic E-state index is 10.5. The van der Waals surface area contributed by atoms with Gasteiger partial charge in [-0.3, -0.25) is 0 Å². The fourth-order valence-corrected chi connectivity index (χ4v) is 7.19. The summed E-state index contributed by atoms with van der Waals surface area (Å²) in [5.74, 6) is 3.82. The van der Waals surface area contributed by atoms with Crippen LogP contribution in [-0.4, -0.2) is 114 Å². The van der Waals surface area contributed by atoms with Gasteiger partial charge < -0.3 is 72.5 Å². The number of hydrogen-bond donors (Lipinski definition) is 4. The normalized spacial score (nSPS) is 26.8. The highest BCUT2D eigenvalue weighted by molar-refractivity contribution is 5.57. The first-order chi connectivity index (χ1) is 26.4. The van der Waals surface area contributed by atoms with Crippen LogP contribution in [0.15, 0.2) is 36.4 Å². The van der Waals surface area contributed by atoms with Gasteiger partial charge in [0.25, 0.3) is 0 Å². The standard InChI is InChI=1S/C40H54O15/c1-19(11-22-12-25(45-4)39(26(13-22)46-5)55-40-34(44)33(43)32(42)31(18-41)53-40)52-38-29(49-8)16-24(17-30(38)50-9)36-21(3)20(2)35(54-36)23-14-27(47-6)37(51-10)28(15-23)48-7/h12-17,19-21,31-36,40-44H,11,18H2,1-10H3. The monoisotopic (exact) mass is 774 g/mol. The minimum absolute atomic E-state index is 0.0933. The molecule has 4 N–H and O–H groups in total. The number of ether oxygens (including phenoxy) is 11. The van der Waals surface area contributed by atoms with Gasteiger partial charge in [0.2, 0.25) is 23.5 Å². The largest absolute Gasteiger partial charge is 0.493 e. The molecule has 0 bridgehead atoms. The molecule has 15 heteroatoms. The van der Waals surface area contributed by atoms with Gasteiger partial charge in [-0.15, -0.1) is 0 Å². The molecule has 10 unspecified atom stereocenters. The highest BCUT2D eigenvalue weighted by atomic mass is 16.7. The van der Waals surface area contributed by atoms with Crippen molar-refractivity contribution >= 4 is 0 Å². The Morgan fingerprint density at radius 1 is 0.564 bits per heavy atom. The summed E-state index contributed by atoms with van der Waals surface area (Å²) in [6, 6.07) is 11.1. The summed E-state index contributed by atoms with van der Waals surface area (Å²) in [7, 11) is 10.8. The summed E-state index contributed by atoms with van der Waals surface area (Å²) in [5.41, 5.74) is 2.54. The fourth-order valence-electron chi connectivity index (χ4n) is 7.19. The number of benzene rings is 3.